The number of halogens is 2. The van der Waals surface area contributed by atoms with Gasteiger partial charge in [-0.15, -0.1) is 6.58 Å². The third-order valence-electron chi connectivity index (χ3n) is 0. The second-order valence-corrected chi connectivity index (χ2v) is 0.289. The first-order valence-electron chi connectivity index (χ1n) is 0.816. The molecule has 6 heavy (non-hydrogen) atoms. The molecule has 3 heteroatoms. The van der Waals surface area contributed by atoms with Gasteiger partial charge in [-0.1, -0.05) is 6.08 Å². The molecule has 0 unspecified atom stereocenters. The molecule has 4 radical (unpaired) electrons. The van der Waals surface area contributed by atoms with Crippen LogP contribution in [0.25, 0.3) is 0 Å². The molecule has 0 amide bonds. The zero-order valence-corrected chi connectivity index (χ0v) is 7.26. The summed E-state index contributed by atoms with van der Waals surface area (Å²) in [7, 11) is 0. The van der Waals surface area contributed by atoms with Gasteiger partial charge in [0.15, 0.2) is 0 Å². The molecule has 0 saturated carbocycles. The normalized spacial score (nSPS) is 2.17. The van der Waals surface area contributed by atoms with Crippen LogP contribution in [0.15, 0.2) is 12.7 Å². The fraction of sp³-hybridized carbons (Fsp3) is 0. The molecule has 0 aromatic heterocycles. The number of rotatable bonds is 0. The van der Waals surface area contributed by atoms with E-state index in [1.807, 2.05) is 0 Å². The fourth-order valence-electron chi connectivity index (χ4n) is 0. The van der Waals surface area contributed by atoms with Crippen LogP contribution in [0.2, 0.25) is 0 Å². The van der Waals surface area contributed by atoms with E-state index in [1.165, 1.54) is 6.08 Å². The smallest absolute Gasteiger partial charge is 0 e. The number of hydrogen-bond acceptors (Lipinski definition) is 0. The van der Waals surface area contributed by atoms with E-state index >= 15 is 0 Å². The molecule has 0 aliphatic rings. The quantitative estimate of drug-likeness (QED) is 0.328. The van der Waals surface area contributed by atoms with Crippen molar-refractivity contribution in [3.8, 4) is 0 Å². The van der Waals surface area contributed by atoms with Gasteiger partial charge in [-0.2, -0.15) is 0 Å². The van der Waals surface area contributed by atoms with Crippen molar-refractivity contribution < 1.29 is 24.8 Å². The van der Waals surface area contributed by atoms with Gasteiger partial charge >= 0.3 is 0 Å². The van der Waals surface area contributed by atoms with E-state index in [1.54, 1.807) is 0 Å². The summed E-state index contributed by atoms with van der Waals surface area (Å²) in [5.41, 5.74) is 0. The monoisotopic (exact) mass is 180 g/mol. The van der Waals surface area contributed by atoms with E-state index in [-0.39, 0.29) is 44.6 Å². The molecule has 0 rings (SSSR count). The van der Waals surface area contributed by atoms with Gasteiger partial charge in [0, 0.05) is 19.8 Å². The first-order valence-corrected chi connectivity index (χ1v) is 0.816. The molecule has 0 heterocycles. The van der Waals surface area contributed by atoms with Gasteiger partial charge in [0.2, 0.25) is 0 Å². The Morgan fingerprint density at radius 3 is 1.17 bits per heavy atom. The summed E-state index contributed by atoms with van der Waals surface area (Å²) < 4.78 is 0. The zero-order chi connectivity index (χ0) is 2.71. The van der Waals surface area contributed by atoms with Crippen LogP contribution >= 0.6 is 0 Å². The molecule has 36 valence electrons. The molecule has 0 aromatic carbocycles. The van der Waals surface area contributed by atoms with Crippen molar-refractivity contribution in [2.45, 2.75) is 0 Å². The molecular formula is C3H5Cl2Ga-2. The largest absolute Gasteiger partial charge is 1.00 e. The summed E-state index contributed by atoms with van der Waals surface area (Å²) >= 11 is 0. The predicted molar refractivity (Wildman–Crippen MR) is 21.3 cm³/mol. The Hall–Kier alpha value is 0.956. The minimum atomic E-state index is 0. The van der Waals surface area contributed by atoms with Gasteiger partial charge in [-0.3, -0.25) is 0 Å². The molecule has 0 aromatic rings. The van der Waals surface area contributed by atoms with Crippen molar-refractivity contribution in [2.75, 3.05) is 0 Å². The summed E-state index contributed by atoms with van der Waals surface area (Å²) in [6, 6.07) is 0. The van der Waals surface area contributed by atoms with Crippen molar-refractivity contribution in [1.29, 1.82) is 0 Å². The standard InChI is InChI=1S/C3H5.2ClH.Ga/c1-3-2;;;/h3H,1-2H2;2*1H;/p-2. The van der Waals surface area contributed by atoms with Crippen molar-refractivity contribution in [1.82, 2.24) is 0 Å². The third-order valence-corrected chi connectivity index (χ3v) is 0. The molecule has 0 bridgehead atoms. The maximum absolute atomic E-state index is 3.25. The first kappa shape index (κ1) is 28.2. The SMILES string of the molecule is [CH2]C=C.[Cl-].[Cl-].[Ga]. The van der Waals surface area contributed by atoms with Gasteiger partial charge in [-0.05, 0) is 6.92 Å². The van der Waals surface area contributed by atoms with Gasteiger partial charge in [0.1, 0.15) is 0 Å². The van der Waals surface area contributed by atoms with Gasteiger partial charge < -0.3 is 24.8 Å². The minimum absolute atomic E-state index is 0. The van der Waals surface area contributed by atoms with Crippen molar-refractivity contribution in [3.63, 3.8) is 0 Å². The zero-order valence-electron chi connectivity index (χ0n) is 3.32. The van der Waals surface area contributed by atoms with Crippen LogP contribution in [0.1, 0.15) is 0 Å². The molecule has 0 aliphatic heterocycles. The van der Waals surface area contributed by atoms with Crippen LogP contribution in [0.5, 0.6) is 0 Å². The van der Waals surface area contributed by atoms with E-state index in [4.69, 9.17) is 0 Å². The maximum Gasteiger partial charge on any atom is 0 e. The van der Waals surface area contributed by atoms with Gasteiger partial charge in [0.05, 0.1) is 0 Å². The Kier molecular flexibility index (Phi) is 180. The van der Waals surface area contributed by atoms with E-state index in [0.717, 1.165) is 0 Å². The Morgan fingerprint density at radius 2 is 1.17 bits per heavy atom. The summed E-state index contributed by atoms with van der Waals surface area (Å²) in [5.74, 6) is 0. The van der Waals surface area contributed by atoms with Crippen molar-refractivity contribution >= 4 is 19.8 Å². The Balaban J connectivity index is -0.00000000667. The second kappa shape index (κ2) is 38.2. The molecule has 0 saturated heterocycles. The molecule has 0 spiro atoms. The van der Waals surface area contributed by atoms with E-state index in [2.05, 4.69) is 13.5 Å². The van der Waals surface area contributed by atoms with Crippen LogP contribution < -0.4 is 24.8 Å². The van der Waals surface area contributed by atoms with E-state index in [9.17, 15) is 0 Å². The molecule has 0 nitrogen and oxygen atoms in total. The van der Waals surface area contributed by atoms with Crippen LogP contribution in [0.4, 0.5) is 0 Å². The van der Waals surface area contributed by atoms with Crippen LogP contribution in [0, 0.1) is 6.92 Å². The second-order valence-electron chi connectivity index (χ2n) is 0.289. The van der Waals surface area contributed by atoms with Crippen molar-refractivity contribution in [2.24, 2.45) is 0 Å². The summed E-state index contributed by atoms with van der Waals surface area (Å²) in [6.07, 6.45) is 1.50. The summed E-state index contributed by atoms with van der Waals surface area (Å²) in [6.45, 7) is 6.50. The van der Waals surface area contributed by atoms with Gasteiger partial charge in [0.25, 0.3) is 0 Å². The van der Waals surface area contributed by atoms with Crippen LogP contribution in [0.3, 0.4) is 0 Å². The average molecular weight is 182 g/mol. The maximum atomic E-state index is 3.25. The van der Waals surface area contributed by atoms with Crippen LogP contribution in [-0.4, -0.2) is 19.8 Å². The molecule has 0 N–H and O–H groups in total. The molecular weight excluding hydrogens is 177 g/mol. The Morgan fingerprint density at radius 1 is 1.17 bits per heavy atom. The van der Waals surface area contributed by atoms with E-state index < -0.39 is 0 Å². The number of hydrogen-bond donors (Lipinski definition) is 0. The minimum Gasteiger partial charge on any atom is -1.00 e. The van der Waals surface area contributed by atoms with Crippen molar-refractivity contribution in [3.05, 3.63) is 19.6 Å². The van der Waals surface area contributed by atoms with Crippen LogP contribution in [-0.2, 0) is 0 Å². The summed E-state index contributed by atoms with van der Waals surface area (Å²) in [5, 5.41) is 0. The molecule has 0 fully saturated rings. The third kappa shape index (κ3) is 84.8. The first-order chi connectivity index (χ1) is 1.41. The van der Waals surface area contributed by atoms with Gasteiger partial charge in [-0.25, -0.2) is 0 Å². The predicted octanol–water partition coefficient (Wildman–Crippen LogP) is -5.37. The fourth-order valence-corrected chi connectivity index (χ4v) is 0. The number of allylic oxidation sites excluding steroid dienone is 1. The Bertz CT molecular complexity index is 16.3. The molecule has 0 atom stereocenters. The van der Waals surface area contributed by atoms with E-state index in [0.29, 0.717) is 0 Å². The topological polar surface area (TPSA) is 0 Å². The summed E-state index contributed by atoms with van der Waals surface area (Å²) in [4.78, 5) is 0. The average Bonchev–Trinajstić information content (AvgIpc) is 0.918. The Labute approximate surface area is 64.3 Å². The molecule has 0 aliphatic carbocycles.